The number of amides is 1. The normalized spacial score (nSPS) is 13.4. The highest BCUT2D eigenvalue weighted by atomic mass is 32.2. The van der Waals surface area contributed by atoms with E-state index in [4.69, 9.17) is 8.94 Å². The Labute approximate surface area is 167 Å². The number of nitrogens with zero attached hydrogens (tertiary/aromatic N) is 3. The Morgan fingerprint density at radius 3 is 2.90 bits per heavy atom. The van der Waals surface area contributed by atoms with Crippen molar-refractivity contribution in [3.63, 3.8) is 0 Å². The highest BCUT2D eigenvalue weighted by molar-refractivity contribution is 7.92. The van der Waals surface area contributed by atoms with Gasteiger partial charge >= 0.3 is 0 Å². The SMILES string of the molecule is O=C(CCc1nc(-c2ccco2)no1)NCCS(=O)(=O)N1CCc2ccccc21. The third-order valence-corrected chi connectivity index (χ3v) is 6.41. The van der Waals surface area contributed by atoms with Crippen molar-refractivity contribution in [2.24, 2.45) is 0 Å². The van der Waals surface area contributed by atoms with Crippen molar-refractivity contribution in [3.05, 3.63) is 54.1 Å². The molecule has 0 spiro atoms. The lowest BCUT2D eigenvalue weighted by Crippen LogP contribution is -2.37. The van der Waals surface area contributed by atoms with Gasteiger partial charge in [-0.3, -0.25) is 9.10 Å². The molecule has 0 bridgehead atoms. The molecule has 0 aliphatic carbocycles. The number of para-hydroxylation sites is 1. The molecule has 3 aromatic rings. The Morgan fingerprint density at radius 2 is 2.07 bits per heavy atom. The van der Waals surface area contributed by atoms with Crippen LogP contribution >= 0.6 is 0 Å². The Kier molecular flexibility index (Phi) is 5.34. The fourth-order valence-electron chi connectivity index (χ4n) is 3.20. The van der Waals surface area contributed by atoms with Gasteiger partial charge in [-0.05, 0) is 30.2 Å². The lowest BCUT2D eigenvalue weighted by Gasteiger charge is -2.19. The fraction of sp³-hybridized carbons (Fsp3) is 0.316. The van der Waals surface area contributed by atoms with Crippen LogP contribution in [0.15, 0.2) is 51.6 Å². The number of carbonyl (C=O) groups is 1. The quantitative estimate of drug-likeness (QED) is 0.594. The number of fused-ring (bicyclic) bond motifs is 1. The summed E-state index contributed by atoms with van der Waals surface area (Å²) < 4.78 is 36.9. The van der Waals surface area contributed by atoms with E-state index in [9.17, 15) is 13.2 Å². The molecule has 0 saturated carbocycles. The molecule has 1 aliphatic heterocycles. The van der Waals surface area contributed by atoms with Crippen LogP contribution in [0.4, 0.5) is 5.69 Å². The number of hydrogen-bond donors (Lipinski definition) is 1. The average Bonchev–Trinajstić information content (AvgIpc) is 3.46. The summed E-state index contributed by atoms with van der Waals surface area (Å²) in [5, 5.41) is 6.43. The largest absolute Gasteiger partial charge is 0.461 e. The molecule has 1 amide bonds. The molecule has 0 saturated heterocycles. The van der Waals surface area contributed by atoms with E-state index in [1.807, 2.05) is 18.2 Å². The number of nitrogens with one attached hydrogen (secondary N) is 1. The van der Waals surface area contributed by atoms with Gasteiger partial charge in [-0.15, -0.1) is 0 Å². The van der Waals surface area contributed by atoms with Crippen molar-refractivity contribution >= 4 is 21.6 Å². The minimum atomic E-state index is -3.49. The molecule has 3 heterocycles. The van der Waals surface area contributed by atoms with Gasteiger partial charge in [-0.2, -0.15) is 4.98 Å². The van der Waals surface area contributed by atoms with E-state index in [1.165, 1.54) is 10.6 Å². The smallest absolute Gasteiger partial charge is 0.238 e. The van der Waals surface area contributed by atoms with Crippen LogP contribution in [-0.4, -0.2) is 43.3 Å². The molecular weight excluding hydrogens is 396 g/mol. The van der Waals surface area contributed by atoms with E-state index in [0.717, 1.165) is 11.3 Å². The summed E-state index contributed by atoms with van der Waals surface area (Å²) in [6, 6.07) is 10.9. The van der Waals surface area contributed by atoms with Gasteiger partial charge in [0.05, 0.1) is 17.7 Å². The third kappa shape index (κ3) is 4.32. The first-order valence-corrected chi connectivity index (χ1v) is 10.9. The number of sulfonamides is 1. The summed E-state index contributed by atoms with van der Waals surface area (Å²) in [4.78, 5) is 16.2. The maximum Gasteiger partial charge on any atom is 0.238 e. The molecule has 1 N–H and O–H groups in total. The second-order valence-electron chi connectivity index (χ2n) is 6.61. The molecule has 2 aromatic heterocycles. The second kappa shape index (κ2) is 8.08. The van der Waals surface area contributed by atoms with Crippen molar-refractivity contribution in [1.82, 2.24) is 15.5 Å². The minimum Gasteiger partial charge on any atom is -0.461 e. The highest BCUT2D eigenvalue weighted by Crippen LogP contribution is 2.29. The maximum absolute atomic E-state index is 12.6. The van der Waals surface area contributed by atoms with Gasteiger partial charge in [0.25, 0.3) is 0 Å². The maximum atomic E-state index is 12.6. The molecule has 152 valence electrons. The number of benzene rings is 1. The van der Waals surface area contributed by atoms with Crippen LogP contribution in [0.2, 0.25) is 0 Å². The average molecular weight is 416 g/mol. The molecule has 0 fully saturated rings. The topological polar surface area (TPSA) is 119 Å². The predicted octanol–water partition coefficient (Wildman–Crippen LogP) is 1.77. The lowest BCUT2D eigenvalue weighted by molar-refractivity contribution is -0.121. The van der Waals surface area contributed by atoms with Crippen LogP contribution in [0.5, 0.6) is 0 Å². The predicted molar refractivity (Wildman–Crippen MR) is 105 cm³/mol. The fourth-order valence-corrected chi connectivity index (χ4v) is 4.63. The Bertz CT molecular complexity index is 1090. The summed E-state index contributed by atoms with van der Waals surface area (Å²) in [5.74, 6) is 0.684. The molecule has 4 rings (SSSR count). The highest BCUT2D eigenvalue weighted by Gasteiger charge is 2.28. The summed E-state index contributed by atoms with van der Waals surface area (Å²) in [5.41, 5.74) is 1.75. The van der Waals surface area contributed by atoms with Crippen molar-refractivity contribution in [2.45, 2.75) is 19.3 Å². The Hall–Kier alpha value is -3.14. The first-order chi connectivity index (χ1) is 14.0. The molecule has 0 atom stereocenters. The molecule has 9 nitrogen and oxygen atoms in total. The van der Waals surface area contributed by atoms with E-state index in [-0.39, 0.29) is 31.0 Å². The summed E-state index contributed by atoms with van der Waals surface area (Å²) in [6.45, 7) is 0.478. The number of aromatic nitrogens is 2. The van der Waals surface area contributed by atoms with Crippen LogP contribution in [0.3, 0.4) is 0 Å². The van der Waals surface area contributed by atoms with E-state index in [2.05, 4.69) is 15.5 Å². The van der Waals surface area contributed by atoms with Crippen molar-refractivity contribution < 1.29 is 22.2 Å². The Balaban J connectivity index is 1.24. The summed E-state index contributed by atoms with van der Waals surface area (Å²) in [7, 11) is -3.49. The third-order valence-electron chi connectivity index (χ3n) is 4.64. The number of carbonyl (C=O) groups excluding carboxylic acids is 1. The molecular formula is C19H20N4O5S. The number of rotatable bonds is 8. The van der Waals surface area contributed by atoms with Gasteiger partial charge in [-0.25, -0.2) is 8.42 Å². The molecule has 0 unspecified atom stereocenters. The van der Waals surface area contributed by atoms with Gasteiger partial charge < -0.3 is 14.3 Å². The number of hydrogen-bond acceptors (Lipinski definition) is 7. The van der Waals surface area contributed by atoms with Gasteiger partial charge in [0, 0.05) is 25.9 Å². The first-order valence-electron chi connectivity index (χ1n) is 9.24. The molecule has 29 heavy (non-hydrogen) atoms. The standard InChI is InChI=1S/C19H20N4O5S/c24-17(7-8-18-21-19(22-28-18)16-6-3-12-27-16)20-10-13-29(25,26)23-11-9-14-4-1-2-5-15(14)23/h1-6,12H,7-11,13H2,(H,20,24). The van der Waals surface area contributed by atoms with Crippen LogP contribution in [0.1, 0.15) is 17.9 Å². The number of anilines is 1. The number of aryl methyl sites for hydroxylation is 1. The van der Waals surface area contributed by atoms with Crippen molar-refractivity contribution in [1.29, 1.82) is 0 Å². The zero-order valence-electron chi connectivity index (χ0n) is 15.6. The van der Waals surface area contributed by atoms with E-state index < -0.39 is 10.0 Å². The molecule has 10 heteroatoms. The van der Waals surface area contributed by atoms with E-state index in [0.29, 0.717) is 30.4 Å². The van der Waals surface area contributed by atoms with Crippen LogP contribution in [-0.2, 0) is 27.7 Å². The van der Waals surface area contributed by atoms with Crippen molar-refractivity contribution in [3.8, 4) is 11.6 Å². The Morgan fingerprint density at radius 1 is 1.21 bits per heavy atom. The zero-order chi connectivity index (χ0) is 20.3. The van der Waals surface area contributed by atoms with Gasteiger partial charge in [0.1, 0.15) is 0 Å². The van der Waals surface area contributed by atoms with E-state index >= 15 is 0 Å². The van der Waals surface area contributed by atoms with Gasteiger partial charge in [0.15, 0.2) is 5.76 Å². The minimum absolute atomic E-state index is 0.0430. The van der Waals surface area contributed by atoms with Crippen LogP contribution < -0.4 is 9.62 Å². The zero-order valence-corrected chi connectivity index (χ0v) is 16.4. The van der Waals surface area contributed by atoms with Crippen LogP contribution in [0.25, 0.3) is 11.6 Å². The van der Waals surface area contributed by atoms with Crippen LogP contribution in [0, 0.1) is 0 Å². The molecule has 1 aromatic carbocycles. The van der Waals surface area contributed by atoms with Crippen molar-refractivity contribution in [2.75, 3.05) is 23.1 Å². The number of furan rings is 1. The molecule has 0 radical (unpaired) electrons. The van der Waals surface area contributed by atoms with E-state index in [1.54, 1.807) is 18.2 Å². The second-order valence-corrected chi connectivity index (χ2v) is 8.62. The van der Waals surface area contributed by atoms with Gasteiger partial charge in [-0.1, -0.05) is 23.4 Å². The summed E-state index contributed by atoms with van der Waals surface area (Å²) in [6.07, 6.45) is 2.58. The molecule has 1 aliphatic rings. The summed E-state index contributed by atoms with van der Waals surface area (Å²) >= 11 is 0. The monoisotopic (exact) mass is 416 g/mol. The van der Waals surface area contributed by atoms with Gasteiger partial charge in [0.2, 0.25) is 27.6 Å². The lowest BCUT2D eigenvalue weighted by atomic mass is 10.2. The first kappa shape index (κ1) is 19.2.